The van der Waals surface area contributed by atoms with Crippen molar-refractivity contribution in [1.82, 2.24) is 4.90 Å². The topological polar surface area (TPSA) is 88.2 Å². The first-order chi connectivity index (χ1) is 10.8. The van der Waals surface area contributed by atoms with Gasteiger partial charge in [-0.25, -0.2) is 4.79 Å². The molecule has 2 rings (SSSR count). The van der Waals surface area contributed by atoms with Gasteiger partial charge in [-0.2, -0.15) is 0 Å². The fourth-order valence-electron chi connectivity index (χ4n) is 2.89. The molecule has 23 heavy (non-hydrogen) atoms. The van der Waals surface area contributed by atoms with E-state index in [1.807, 2.05) is 38.3 Å². The van der Waals surface area contributed by atoms with E-state index in [1.54, 1.807) is 4.90 Å². The van der Waals surface area contributed by atoms with Crippen molar-refractivity contribution >= 4 is 23.3 Å². The number of nitrogens with two attached hydrogens (primary N) is 1. The number of rotatable bonds is 4. The van der Waals surface area contributed by atoms with Crippen LogP contribution < -0.4 is 5.73 Å². The predicted molar refractivity (Wildman–Crippen MR) is 90.8 cm³/mol. The second kappa shape index (κ2) is 7.21. The molecule has 1 fully saturated rings. The number of carbonyl (C=O) groups excluding carboxylic acids is 1. The van der Waals surface area contributed by atoms with Gasteiger partial charge in [0.15, 0.2) is 5.84 Å². The van der Waals surface area contributed by atoms with Gasteiger partial charge in [-0.15, -0.1) is 11.3 Å². The molecule has 1 heterocycles. The zero-order valence-corrected chi connectivity index (χ0v) is 14.7. The molecule has 1 aliphatic rings. The number of hydrogen-bond acceptors (Lipinski definition) is 5. The highest BCUT2D eigenvalue weighted by Crippen LogP contribution is 2.34. The minimum Gasteiger partial charge on any atom is -0.444 e. The lowest BCUT2D eigenvalue weighted by Gasteiger charge is -2.36. The average Bonchev–Trinajstić information content (AvgIpc) is 3.14. The largest absolute Gasteiger partial charge is 0.444 e. The summed E-state index contributed by atoms with van der Waals surface area (Å²) in [7, 11) is 0. The van der Waals surface area contributed by atoms with E-state index in [0.29, 0.717) is 0 Å². The molecule has 1 aromatic rings. The Kier molecular flexibility index (Phi) is 5.51. The number of amides is 1. The number of nitrogens with zero attached hydrogens (tertiary/aromatic N) is 2. The molecule has 0 spiro atoms. The normalized spacial score (nSPS) is 18.0. The molecule has 6 nitrogen and oxygen atoms in total. The highest BCUT2D eigenvalue weighted by Gasteiger charge is 2.38. The van der Waals surface area contributed by atoms with E-state index in [4.69, 9.17) is 10.5 Å². The van der Waals surface area contributed by atoms with E-state index in [-0.39, 0.29) is 11.9 Å². The molecule has 128 valence electrons. The Morgan fingerprint density at radius 3 is 2.61 bits per heavy atom. The summed E-state index contributed by atoms with van der Waals surface area (Å²) < 4.78 is 5.59. The Morgan fingerprint density at radius 1 is 1.48 bits per heavy atom. The van der Waals surface area contributed by atoms with E-state index < -0.39 is 17.7 Å². The van der Waals surface area contributed by atoms with Crippen molar-refractivity contribution < 1.29 is 14.7 Å². The molecule has 1 aromatic heterocycles. The lowest BCUT2D eigenvalue weighted by atomic mass is 10.1. The van der Waals surface area contributed by atoms with Gasteiger partial charge in [-0.05, 0) is 45.1 Å². The van der Waals surface area contributed by atoms with E-state index in [0.717, 1.165) is 30.6 Å². The van der Waals surface area contributed by atoms with Gasteiger partial charge in [0.05, 0.1) is 0 Å². The number of amidine groups is 1. The van der Waals surface area contributed by atoms with Gasteiger partial charge >= 0.3 is 6.09 Å². The van der Waals surface area contributed by atoms with E-state index in [2.05, 4.69) is 5.16 Å². The maximum atomic E-state index is 12.8. The summed E-state index contributed by atoms with van der Waals surface area (Å²) in [5, 5.41) is 14.3. The first-order valence-corrected chi connectivity index (χ1v) is 8.73. The summed E-state index contributed by atoms with van der Waals surface area (Å²) in [4.78, 5) is 15.3. The molecule has 3 N–H and O–H groups in total. The Labute approximate surface area is 140 Å². The van der Waals surface area contributed by atoms with E-state index >= 15 is 0 Å². The van der Waals surface area contributed by atoms with Crippen LogP contribution in [0.3, 0.4) is 0 Å². The molecular weight excluding hydrogens is 314 g/mol. The van der Waals surface area contributed by atoms with Crippen molar-refractivity contribution in [3.05, 3.63) is 22.4 Å². The Balaban J connectivity index is 2.38. The molecule has 0 aromatic carbocycles. The summed E-state index contributed by atoms with van der Waals surface area (Å²) >= 11 is 1.48. The summed E-state index contributed by atoms with van der Waals surface area (Å²) in [6.45, 7) is 5.50. The van der Waals surface area contributed by atoms with Gasteiger partial charge in [0.2, 0.25) is 0 Å². The summed E-state index contributed by atoms with van der Waals surface area (Å²) in [6.07, 6.45) is 3.52. The summed E-state index contributed by atoms with van der Waals surface area (Å²) in [5.41, 5.74) is 5.34. The number of ether oxygens (including phenoxy) is 1. The summed E-state index contributed by atoms with van der Waals surface area (Å²) in [6, 6.07) is 3.22. The molecule has 1 amide bonds. The smallest absolute Gasteiger partial charge is 0.411 e. The second-order valence-electron chi connectivity index (χ2n) is 6.77. The number of carbonyl (C=O) groups is 1. The highest BCUT2D eigenvalue weighted by atomic mass is 32.1. The van der Waals surface area contributed by atoms with Crippen LogP contribution in [0.1, 0.15) is 57.4 Å². The zero-order chi connectivity index (χ0) is 17.0. The molecule has 0 aliphatic heterocycles. The highest BCUT2D eigenvalue weighted by molar-refractivity contribution is 7.10. The number of hydrogen-bond donors (Lipinski definition) is 2. The van der Waals surface area contributed by atoms with E-state index in [1.165, 1.54) is 11.3 Å². The van der Waals surface area contributed by atoms with Crippen LogP contribution in [0.25, 0.3) is 0 Å². The lowest BCUT2D eigenvalue weighted by molar-refractivity contribution is 0.0116. The number of oxime groups is 1. The average molecular weight is 339 g/mol. The van der Waals surface area contributed by atoms with Crippen LogP contribution in [0.5, 0.6) is 0 Å². The van der Waals surface area contributed by atoms with Crippen LogP contribution in [-0.4, -0.2) is 33.7 Å². The lowest BCUT2D eigenvalue weighted by Crippen LogP contribution is -2.48. The van der Waals surface area contributed by atoms with Crippen LogP contribution in [0, 0.1) is 0 Å². The van der Waals surface area contributed by atoms with Gasteiger partial charge < -0.3 is 15.7 Å². The van der Waals surface area contributed by atoms with Crippen LogP contribution >= 0.6 is 11.3 Å². The molecule has 1 atom stereocenters. The van der Waals surface area contributed by atoms with Crippen LogP contribution in [-0.2, 0) is 4.74 Å². The minimum atomic E-state index is -0.599. The third kappa shape index (κ3) is 4.37. The molecule has 7 heteroatoms. The molecule has 1 aliphatic carbocycles. The molecule has 1 saturated carbocycles. The van der Waals surface area contributed by atoms with Gasteiger partial charge in [0, 0.05) is 10.9 Å². The number of thiophene rings is 1. The SMILES string of the molecule is CC(C)(C)OC(=O)N(C1CCCC1)C(/C(N)=N/O)c1cccs1. The van der Waals surface area contributed by atoms with Crippen molar-refractivity contribution in [2.24, 2.45) is 10.9 Å². The van der Waals surface area contributed by atoms with Crippen LogP contribution in [0.4, 0.5) is 4.79 Å². The van der Waals surface area contributed by atoms with Crippen molar-refractivity contribution in [2.75, 3.05) is 0 Å². The maximum Gasteiger partial charge on any atom is 0.411 e. The van der Waals surface area contributed by atoms with Gasteiger partial charge in [0.1, 0.15) is 11.6 Å². The molecule has 0 saturated heterocycles. The minimum absolute atomic E-state index is 0.00482. The Morgan fingerprint density at radius 2 is 2.13 bits per heavy atom. The fraction of sp³-hybridized carbons (Fsp3) is 0.625. The van der Waals surface area contributed by atoms with Gasteiger partial charge in [0.25, 0.3) is 0 Å². The second-order valence-corrected chi connectivity index (χ2v) is 7.75. The third-order valence-corrected chi connectivity index (χ3v) is 4.73. The molecular formula is C16H25N3O3S. The molecule has 0 bridgehead atoms. The molecule has 0 radical (unpaired) electrons. The van der Waals surface area contributed by atoms with Crippen molar-refractivity contribution in [1.29, 1.82) is 0 Å². The Bertz CT molecular complexity index is 545. The first kappa shape index (κ1) is 17.6. The quantitative estimate of drug-likeness (QED) is 0.379. The predicted octanol–water partition coefficient (Wildman–Crippen LogP) is 3.72. The molecule has 1 unspecified atom stereocenters. The van der Waals surface area contributed by atoms with Crippen molar-refractivity contribution in [3.8, 4) is 0 Å². The van der Waals surface area contributed by atoms with Crippen molar-refractivity contribution in [3.63, 3.8) is 0 Å². The summed E-state index contributed by atoms with van der Waals surface area (Å²) in [5.74, 6) is 0.00482. The van der Waals surface area contributed by atoms with Gasteiger partial charge in [-0.1, -0.05) is 24.1 Å². The fourth-order valence-corrected chi connectivity index (χ4v) is 3.72. The standard InChI is InChI=1S/C16H25N3O3S/c1-16(2,3)22-15(20)19(11-7-4-5-8-11)13(14(17)18-21)12-9-6-10-23-12/h6,9-11,13,21H,4-5,7-8H2,1-3H3,(H2,17,18). The van der Waals surface area contributed by atoms with Gasteiger partial charge in [-0.3, -0.25) is 4.90 Å². The van der Waals surface area contributed by atoms with Crippen LogP contribution in [0.15, 0.2) is 22.7 Å². The maximum absolute atomic E-state index is 12.8. The van der Waals surface area contributed by atoms with Crippen molar-refractivity contribution in [2.45, 2.75) is 64.1 Å². The van der Waals surface area contributed by atoms with E-state index in [9.17, 15) is 10.0 Å². The van der Waals surface area contributed by atoms with Crippen LogP contribution in [0.2, 0.25) is 0 Å². The zero-order valence-electron chi connectivity index (χ0n) is 13.9. The first-order valence-electron chi connectivity index (χ1n) is 7.85. The Hall–Kier alpha value is -1.76. The monoisotopic (exact) mass is 339 g/mol. The third-order valence-electron chi connectivity index (χ3n) is 3.81.